The maximum absolute atomic E-state index is 12.0. The van der Waals surface area contributed by atoms with Crippen LogP contribution in [0.3, 0.4) is 0 Å². The van der Waals surface area contributed by atoms with Gasteiger partial charge in [-0.25, -0.2) is 0 Å². The topological polar surface area (TPSA) is 115 Å². The van der Waals surface area contributed by atoms with E-state index in [2.05, 4.69) is 16.2 Å². The number of aryl methyl sites for hydroxylation is 1. The van der Waals surface area contributed by atoms with Crippen molar-refractivity contribution < 1.29 is 19.2 Å². The number of nitrogens with one attached hydrogen (secondary N) is 3. The summed E-state index contributed by atoms with van der Waals surface area (Å²) in [5.41, 5.74) is 5.45. The first kappa shape index (κ1) is 20.6. The number of hydrazine groups is 1. The van der Waals surface area contributed by atoms with Gasteiger partial charge in [-0.1, -0.05) is 0 Å². The molecule has 0 heterocycles. The Labute approximate surface area is 151 Å². The lowest BCUT2D eigenvalue weighted by atomic mass is 10.2. The molecule has 25 heavy (non-hydrogen) atoms. The molecule has 0 bridgehead atoms. The quantitative estimate of drug-likeness (QED) is 0.271. The van der Waals surface area contributed by atoms with E-state index in [1.54, 1.807) is 21.0 Å². The number of nitro groups is 1. The zero-order valence-corrected chi connectivity index (χ0v) is 15.1. The van der Waals surface area contributed by atoms with Gasteiger partial charge in [0, 0.05) is 31.9 Å². The van der Waals surface area contributed by atoms with Crippen molar-refractivity contribution in [2.45, 2.75) is 26.4 Å². The normalized spacial score (nSPS) is 11.3. The van der Waals surface area contributed by atoms with E-state index >= 15 is 0 Å². The summed E-state index contributed by atoms with van der Waals surface area (Å²) in [6.07, 6.45) is -0.0321. The molecule has 0 unspecified atom stereocenters. The minimum Gasteiger partial charge on any atom is -0.481 e. The molecule has 0 aliphatic heterocycles. The molecule has 10 heteroatoms. The van der Waals surface area contributed by atoms with E-state index in [0.717, 1.165) is 6.42 Å². The van der Waals surface area contributed by atoms with Crippen molar-refractivity contribution in [1.29, 1.82) is 0 Å². The molecule has 0 aromatic heterocycles. The molecule has 0 spiro atoms. The predicted octanol–water partition coefficient (Wildman–Crippen LogP) is 1.20. The molecule has 0 saturated carbocycles. The van der Waals surface area contributed by atoms with Crippen LogP contribution in [0.25, 0.3) is 0 Å². The number of benzene rings is 1. The Morgan fingerprint density at radius 1 is 1.40 bits per heavy atom. The summed E-state index contributed by atoms with van der Waals surface area (Å²) in [4.78, 5) is 22.3. The fourth-order valence-corrected chi connectivity index (χ4v) is 2.00. The average molecular weight is 370 g/mol. The third-order valence-corrected chi connectivity index (χ3v) is 3.40. The van der Waals surface area contributed by atoms with Crippen molar-refractivity contribution >= 4 is 28.9 Å². The number of hydrogen-bond donors (Lipinski definition) is 3. The second-order valence-corrected chi connectivity index (χ2v) is 5.59. The molecule has 0 fully saturated rings. The Hall–Kier alpha value is -2.46. The van der Waals surface area contributed by atoms with Gasteiger partial charge in [0.1, 0.15) is 5.75 Å². The fraction of sp³-hybridized carbons (Fsp3) is 0.467. The molecule has 0 aliphatic carbocycles. The van der Waals surface area contributed by atoms with Crippen molar-refractivity contribution in [2.24, 2.45) is 0 Å². The van der Waals surface area contributed by atoms with Crippen LogP contribution < -0.4 is 20.9 Å². The van der Waals surface area contributed by atoms with Crippen LogP contribution in [0.1, 0.15) is 18.9 Å². The summed E-state index contributed by atoms with van der Waals surface area (Å²) in [7, 11) is 1.62. The highest BCUT2D eigenvalue weighted by Gasteiger charge is 2.17. The summed E-state index contributed by atoms with van der Waals surface area (Å²) in [5.74, 6) is -0.0666. The number of carbonyl (C=O) groups is 1. The van der Waals surface area contributed by atoms with Gasteiger partial charge in [-0.15, -0.1) is 0 Å². The van der Waals surface area contributed by atoms with Crippen LogP contribution in [0.5, 0.6) is 5.75 Å². The van der Waals surface area contributed by atoms with Gasteiger partial charge in [-0.05, 0) is 44.6 Å². The third kappa shape index (κ3) is 7.31. The van der Waals surface area contributed by atoms with Crippen LogP contribution in [-0.2, 0) is 9.53 Å². The average Bonchev–Trinajstić information content (AvgIpc) is 2.56. The number of rotatable bonds is 8. The molecule has 1 atom stereocenters. The molecule has 0 saturated heterocycles. The van der Waals surface area contributed by atoms with Crippen LogP contribution in [-0.4, -0.2) is 42.3 Å². The molecular weight excluding hydrogens is 348 g/mol. The lowest BCUT2D eigenvalue weighted by Crippen LogP contribution is -2.50. The Morgan fingerprint density at radius 3 is 2.72 bits per heavy atom. The van der Waals surface area contributed by atoms with Gasteiger partial charge in [-0.2, -0.15) is 0 Å². The van der Waals surface area contributed by atoms with E-state index in [0.29, 0.717) is 24.5 Å². The van der Waals surface area contributed by atoms with Crippen LogP contribution >= 0.6 is 12.2 Å². The van der Waals surface area contributed by atoms with Gasteiger partial charge in [0.05, 0.1) is 4.92 Å². The highest BCUT2D eigenvalue weighted by molar-refractivity contribution is 7.80. The first-order chi connectivity index (χ1) is 11.8. The van der Waals surface area contributed by atoms with Gasteiger partial charge in [0.2, 0.25) is 0 Å². The molecular formula is C15H22N4O5S. The standard InChI is InChI=1S/C15H22N4O5S/c1-10-9-12(5-6-13(10)19(21)22)24-11(2)14(20)17-18-15(25)16-7-4-8-23-3/h5-6,9,11H,4,7-8H2,1-3H3,(H,17,20)(H2,16,18,25)/t11-/m1/s1. The minimum atomic E-state index is -0.815. The Morgan fingerprint density at radius 2 is 2.12 bits per heavy atom. The molecule has 138 valence electrons. The van der Waals surface area contributed by atoms with Gasteiger partial charge in [-0.3, -0.25) is 25.8 Å². The fourth-order valence-electron chi connectivity index (χ4n) is 1.85. The van der Waals surface area contributed by atoms with E-state index in [1.165, 1.54) is 18.2 Å². The first-order valence-electron chi connectivity index (χ1n) is 7.59. The van der Waals surface area contributed by atoms with Crippen LogP contribution in [0.2, 0.25) is 0 Å². The molecule has 1 aromatic carbocycles. The summed E-state index contributed by atoms with van der Waals surface area (Å²) < 4.78 is 10.4. The van der Waals surface area contributed by atoms with Gasteiger partial charge >= 0.3 is 0 Å². The summed E-state index contributed by atoms with van der Waals surface area (Å²) >= 11 is 5.01. The second-order valence-electron chi connectivity index (χ2n) is 5.18. The smallest absolute Gasteiger partial charge is 0.279 e. The summed E-state index contributed by atoms with van der Waals surface area (Å²) in [5, 5.41) is 14.0. The Bertz CT molecular complexity index is 626. The van der Waals surface area contributed by atoms with E-state index in [4.69, 9.17) is 21.7 Å². The number of nitro benzene ring substituents is 1. The molecule has 3 N–H and O–H groups in total. The number of ether oxygens (including phenoxy) is 2. The highest BCUT2D eigenvalue weighted by Crippen LogP contribution is 2.23. The predicted molar refractivity (Wildman–Crippen MR) is 96.3 cm³/mol. The van der Waals surface area contributed by atoms with Gasteiger partial charge < -0.3 is 14.8 Å². The second kappa shape index (κ2) is 10.4. The number of thiocarbonyl (C=S) groups is 1. The maximum atomic E-state index is 12.0. The van der Waals surface area contributed by atoms with Crippen LogP contribution in [0, 0.1) is 17.0 Å². The molecule has 0 aliphatic rings. The van der Waals surface area contributed by atoms with E-state index in [-0.39, 0.29) is 10.8 Å². The van der Waals surface area contributed by atoms with Gasteiger partial charge in [0.25, 0.3) is 11.6 Å². The SMILES string of the molecule is COCCCNC(=S)NNC(=O)[C@@H](C)Oc1ccc([N+](=O)[O-])c(C)c1. The first-order valence-corrected chi connectivity index (χ1v) is 8.00. The third-order valence-electron chi connectivity index (χ3n) is 3.16. The van der Waals surface area contributed by atoms with Crippen LogP contribution in [0.4, 0.5) is 5.69 Å². The number of methoxy groups -OCH3 is 1. The van der Waals surface area contributed by atoms with Crippen LogP contribution in [0.15, 0.2) is 18.2 Å². The monoisotopic (exact) mass is 370 g/mol. The summed E-state index contributed by atoms with van der Waals surface area (Å²) in [6.45, 7) is 4.39. The van der Waals surface area contributed by atoms with E-state index < -0.39 is 16.9 Å². The highest BCUT2D eigenvalue weighted by atomic mass is 32.1. The number of amides is 1. The zero-order valence-electron chi connectivity index (χ0n) is 14.3. The number of hydrogen-bond acceptors (Lipinski definition) is 6. The van der Waals surface area contributed by atoms with Gasteiger partial charge in [0.15, 0.2) is 11.2 Å². The lowest BCUT2D eigenvalue weighted by Gasteiger charge is -2.16. The number of carbonyl (C=O) groups excluding carboxylic acids is 1. The van der Waals surface area contributed by atoms with E-state index in [9.17, 15) is 14.9 Å². The molecule has 1 aromatic rings. The molecule has 9 nitrogen and oxygen atoms in total. The van der Waals surface area contributed by atoms with Crippen molar-refractivity contribution in [3.05, 3.63) is 33.9 Å². The Kier molecular flexibility index (Phi) is 8.57. The Balaban J connectivity index is 2.42. The lowest BCUT2D eigenvalue weighted by molar-refractivity contribution is -0.385. The van der Waals surface area contributed by atoms with Crippen molar-refractivity contribution in [3.8, 4) is 5.75 Å². The summed E-state index contributed by atoms with van der Waals surface area (Å²) in [6, 6.07) is 4.30. The molecule has 0 radical (unpaired) electrons. The molecule has 1 rings (SSSR count). The van der Waals surface area contributed by atoms with Crippen molar-refractivity contribution in [1.82, 2.24) is 16.2 Å². The largest absolute Gasteiger partial charge is 0.481 e. The minimum absolute atomic E-state index is 0.00369. The van der Waals surface area contributed by atoms with Crippen molar-refractivity contribution in [2.75, 3.05) is 20.3 Å². The zero-order chi connectivity index (χ0) is 18.8. The maximum Gasteiger partial charge on any atom is 0.279 e. The molecule has 1 amide bonds. The van der Waals surface area contributed by atoms with Crippen molar-refractivity contribution in [3.63, 3.8) is 0 Å². The van der Waals surface area contributed by atoms with E-state index in [1.807, 2.05) is 0 Å². The number of nitrogens with zero attached hydrogens (tertiary/aromatic N) is 1.